The standard InChI is InChI=1S/C14H24N2O4/c1-4-10(5-2)20-12-7-9(14(18)19)6-11(15)13(12)16-8(3)17/h7,10-13H,4-6,15H2,1-3H3,(H,16,17)(H,18,19)/p-1/t11-,12?,13-/m1/s1. The van der Waals surface area contributed by atoms with E-state index in [4.69, 9.17) is 10.5 Å². The second kappa shape index (κ2) is 7.40. The number of carboxylic acid groups (broad SMARTS) is 1. The molecular weight excluding hydrogens is 260 g/mol. The average molecular weight is 283 g/mol. The molecule has 1 amide bonds. The Balaban J connectivity index is 2.96. The van der Waals surface area contributed by atoms with Crippen molar-refractivity contribution < 1.29 is 19.4 Å². The number of amides is 1. The Kier molecular flexibility index (Phi) is 6.16. The van der Waals surface area contributed by atoms with Gasteiger partial charge in [-0.05, 0) is 30.9 Å². The van der Waals surface area contributed by atoms with Gasteiger partial charge >= 0.3 is 0 Å². The van der Waals surface area contributed by atoms with Crippen LogP contribution in [0.15, 0.2) is 11.6 Å². The van der Waals surface area contributed by atoms with E-state index >= 15 is 0 Å². The molecule has 0 saturated heterocycles. The van der Waals surface area contributed by atoms with Gasteiger partial charge in [-0.3, -0.25) is 4.79 Å². The number of ether oxygens (including phenoxy) is 1. The third kappa shape index (κ3) is 4.31. The first kappa shape index (κ1) is 16.7. The van der Waals surface area contributed by atoms with Crippen LogP contribution in [0.5, 0.6) is 0 Å². The number of carbonyl (C=O) groups is 2. The first-order chi connectivity index (χ1) is 9.38. The zero-order valence-electron chi connectivity index (χ0n) is 12.2. The molecule has 6 heteroatoms. The molecule has 0 aromatic heterocycles. The topological polar surface area (TPSA) is 104 Å². The highest BCUT2D eigenvalue weighted by molar-refractivity contribution is 5.85. The van der Waals surface area contributed by atoms with Gasteiger partial charge < -0.3 is 25.7 Å². The lowest BCUT2D eigenvalue weighted by atomic mass is 9.88. The van der Waals surface area contributed by atoms with Crippen molar-refractivity contribution in [3.05, 3.63) is 11.6 Å². The lowest BCUT2D eigenvalue weighted by Gasteiger charge is -2.37. The SMILES string of the molecule is CCC(CC)OC1C=C(C(=O)[O-])C[C@@H](N)[C@H]1NC(C)=O. The van der Waals surface area contributed by atoms with E-state index in [1.54, 1.807) is 0 Å². The second-order valence-corrected chi connectivity index (χ2v) is 5.11. The van der Waals surface area contributed by atoms with Crippen LogP contribution < -0.4 is 16.2 Å². The molecule has 0 aliphatic heterocycles. The Hall–Kier alpha value is -1.40. The van der Waals surface area contributed by atoms with Gasteiger partial charge in [0, 0.05) is 13.0 Å². The van der Waals surface area contributed by atoms with Crippen LogP contribution in [-0.2, 0) is 14.3 Å². The van der Waals surface area contributed by atoms with E-state index in [1.165, 1.54) is 13.0 Å². The van der Waals surface area contributed by atoms with Gasteiger partial charge in [-0.2, -0.15) is 0 Å². The molecule has 6 nitrogen and oxygen atoms in total. The minimum absolute atomic E-state index is 0.000752. The molecule has 1 rings (SSSR count). The molecule has 0 radical (unpaired) electrons. The lowest BCUT2D eigenvalue weighted by Crippen LogP contribution is -2.57. The van der Waals surface area contributed by atoms with Gasteiger partial charge in [0.25, 0.3) is 0 Å². The highest BCUT2D eigenvalue weighted by Crippen LogP contribution is 2.22. The van der Waals surface area contributed by atoms with E-state index in [-0.39, 0.29) is 24.0 Å². The van der Waals surface area contributed by atoms with Gasteiger partial charge in [0.1, 0.15) is 0 Å². The van der Waals surface area contributed by atoms with Crippen LogP contribution in [0.25, 0.3) is 0 Å². The summed E-state index contributed by atoms with van der Waals surface area (Å²) in [4.78, 5) is 22.3. The Morgan fingerprint density at radius 3 is 2.55 bits per heavy atom. The van der Waals surface area contributed by atoms with Crippen LogP contribution in [0.1, 0.15) is 40.0 Å². The molecule has 0 aromatic rings. The lowest BCUT2D eigenvalue weighted by molar-refractivity contribution is -0.299. The van der Waals surface area contributed by atoms with E-state index in [1.807, 2.05) is 13.8 Å². The predicted molar refractivity (Wildman–Crippen MR) is 72.5 cm³/mol. The number of nitrogens with one attached hydrogen (secondary N) is 1. The molecule has 0 aromatic carbocycles. The maximum Gasteiger partial charge on any atom is 0.217 e. The fourth-order valence-corrected chi connectivity index (χ4v) is 2.40. The molecule has 0 saturated carbocycles. The Labute approximate surface area is 119 Å². The number of carboxylic acids is 1. The summed E-state index contributed by atoms with van der Waals surface area (Å²) in [5.74, 6) is -1.45. The normalized spacial score (nSPS) is 26.2. The summed E-state index contributed by atoms with van der Waals surface area (Å²) >= 11 is 0. The predicted octanol–water partition coefficient (Wildman–Crippen LogP) is -0.528. The molecular formula is C14H23N2O4-. The smallest absolute Gasteiger partial charge is 0.217 e. The van der Waals surface area contributed by atoms with Gasteiger partial charge in [-0.15, -0.1) is 0 Å². The van der Waals surface area contributed by atoms with Crippen molar-refractivity contribution in [2.45, 2.75) is 64.3 Å². The number of hydrogen-bond donors (Lipinski definition) is 2. The van der Waals surface area contributed by atoms with Gasteiger partial charge in [-0.1, -0.05) is 13.8 Å². The van der Waals surface area contributed by atoms with E-state index in [2.05, 4.69) is 5.32 Å². The highest BCUT2D eigenvalue weighted by atomic mass is 16.5. The van der Waals surface area contributed by atoms with E-state index in [0.717, 1.165) is 12.8 Å². The first-order valence-electron chi connectivity index (χ1n) is 6.99. The monoisotopic (exact) mass is 283 g/mol. The molecule has 20 heavy (non-hydrogen) atoms. The number of nitrogens with two attached hydrogens (primary N) is 1. The Morgan fingerprint density at radius 2 is 2.10 bits per heavy atom. The van der Waals surface area contributed by atoms with Crippen molar-refractivity contribution in [3.63, 3.8) is 0 Å². The van der Waals surface area contributed by atoms with E-state index in [0.29, 0.717) is 0 Å². The summed E-state index contributed by atoms with van der Waals surface area (Å²) in [6, 6.07) is -0.924. The third-order valence-corrected chi connectivity index (χ3v) is 3.53. The minimum atomic E-state index is -1.24. The van der Waals surface area contributed by atoms with Crippen LogP contribution in [0.3, 0.4) is 0 Å². The first-order valence-corrected chi connectivity index (χ1v) is 6.99. The number of aliphatic carboxylic acids is 1. The van der Waals surface area contributed by atoms with Crippen LogP contribution in [0.4, 0.5) is 0 Å². The quantitative estimate of drug-likeness (QED) is 0.682. The third-order valence-electron chi connectivity index (χ3n) is 3.53. The maximum atomic E-state index is 11.3. The van der Waals surface area contributed by atoms with E-state index in [9.17, 15) is 14.7 Å². The molecule has 0 heterocycles. The summed E-state index contributed by atoms with van der Waals surface area (Å²) in [6.45, 7) is 5.39. The highest BCUT2D eigenvalue weighted by Gasteiger charge is 2.33. The molecule has 3 N–H and O–H groups in total. The van der Waals surface area contributed by atoms with Crippen molar-refractivity contribution in [2.75, 3.05) is 0 Å². The largest absolute Gasteiger partial charge is 0.545 e. The second-order valence-electron chi connectivity index (χ2n) is 5.11. The van der Waals surface area contributed by atoms with Crippen molar-refractivity contribution in [3.8, 4) is 0 Å². The van der Waals surface area contributed by atoms with Gasteiger partial charge in [0.05, 0.1) is 24.2 Å². The summed E-state index contributed by atoms with van der Waals surface area (Å²) in [5.41, 5.74) is 6.11. The summed E-state index contributed by atoms with van der Waals surface area (Å²) in [6.07, 6.45) is 2.75. The molecule has 114 valence electrons. The molecule has 0 spiro atoms. The summed E-state index contributed by atoms with van der Waals surface area (Å²) in [7, 11) is 0. The minimum Gasteiger partial charge on any atom is -0.545 e. The van der Waals surface area contributed by atoms with Crippen molar-refractivity contribution in [1.82, 2.24) is 5.32 Å². The molecule has 1 aliphatic carbocycles. The fourth-order valence-electron chi connectivity index (χ4n) is 2.40. The van der Waals surface area contributed by atoms with Crippen LogP contribution in [-0.4, -0.2) is 36.2 Å². The Morgan fingerprint density at radius 1 is 1.50 bits per heavy atom. The molecule has 1 unspecified atom stereocenters. The molecule has 0 bridgehead atoms. The van der Waals surface area contributed by atoms with Crippen molar-refractivity contribution in [2.24, 2.45) is 5.73 Å². The van der Waals surface area contributed by atoms with Crippen molar-refractivity contribution >= 4 is 11.9 Å². The van der Waals surface area contributed by atoms with Crippen LogP contribution in [0, 0.1) is 0 Å². The fraction of sp³-hybridized carbons (Fsp3) is 0.714. The van der Waals surface area contributed by atoms with Crippen LogP contribution in [0.2, 0.25) is 0 Å². The molecule has 3 atom stereocenters. The zero-order valence-corrected chi connectivity index (χ0v) is 12.2. The van der Waals surface area contributed by atoms with E-state index < -0.39 is 24.2 Å². The summed E-state index contributed by atoms with van der Waals surface area (Å²) in [5, 5.41) is 13.8. The molecule has 1 aliphatic rings. The number of hydrogen-bond acceptors (Lipinski definition) is 5. The summed E-state index contributed by atoms with van der Waals surface area (Å²) < 4.78 is 5.89. The van der Waals surface area contributed by atoms with Crippen molar-refractivity contribution in [1.29, 1.82) is 0 Å². The van der Waals surface area contributed by atoms with Gasteiger partial charge in [0.15, 0.2) is 0 Å². The maximum absolute atomic E-state index is 11.3. The average Bonchev–Trinajstić information content (AvgIpc) is 2.38. The number of rotatable bonds is 6. The number of carbonyl (C=O) groups excluding carboxylic acids is 2. The zero-order chi connectivity index (χ0) is 15.3. The van der Waals surface area contributed by atoms with Gasteiger partial charge in [0.2, 0.25) is 5.91 Å². The molecule has 0 fully saturated rings. The van der Waals surface area contributed by atoms with Crippen LogP contribution >= 0.6 is 0 Å². The Bertz CT molecular complexity index is 391. The van der Waals surface area contributed by atoms with Gasteiger partial charge in [-0.25, -0.2) is 0 Å².